The van der Waals surface area contributed by atoms with E-state index in [9.17, 15) is 13.2 Å². The van der Waals surface area contributed by atoms with Crippen LogP contribution in [0.2, 0.25) is 0 Å². The van der Waals surface area contributed by atoms with Crippen LogP contribution in [0.5, 0.6) is 0 Å². The molecule has 17 heavy (non-hydrogen) atoms. The van der Waals surface area contributed by atoms with Gasteiger partial charge in [-0.05, 0) is 24.3 Å². The molecule has 0 aliphatic heterocycles. The Balaban J connectivity index is 2.10. The van der Waals surface area contributed by atoms with Crippen LogP contribution in [-0.4, -0.2) is 26.0 Å². The first-order valence-corrected chi connectivity index (χ1v) is 7.50. The van der Waals surface area contributed by atoms with Gasteiger partial charge in [0.2, 0.25) is 10.0 Å². The summed E-state index contributed by atoms with van der Waals surface area (Å²) in [5.74, 6) is -1.11. The van der Waals surface area contributed by atoms with Gasteiger partial charge < -0.3 is 5.11 Å². The monoisotopic (exact) mass is 275 g/mol. The van der Waals surface area contributed by atoms with Crippen LogP contribution in [0.3, 0.4) is 0 Å². The van der Waals surface area contributed by atoms with Crippen LogP contribution < -0.4 is 4.72 Å². The van der Waals surface area contributed by atoms with Gasteiger partial charge in [-0.2, -0.15) is 0 Å². The first-order valence-electron chi connectivity index (χ1n) is 5.14. The maximum atomic E-state index is 11.8. The normalized spacial score (nSPS) is 17.9. The summed E-state index contributed by atoms with van der Waals surface area (Å²) >= 11 is 0.915. The Kier molecular flexibility index (Phi) is 3.01. The fourth-order valence-corrected chi connectivity index (χ4v) is 3.63. The second kappa shape index (κ2) is 4.08. The summed E-state index contributed by atoms with van der Waals surface area (Å²) in [6, 6.07) is 1.19. The minimum absolute atomic E-state index is 0.0306. The van der Waals surface area contributed by atoms with Crippen molar-refractivity contribution in [3.05, 3.63) is 16.3 Å². The molecule has 0 unspecified atom stereocenters. The third-order valence-corrected chi connectivity index (χ3v) is 5.34. The molecule has 0 radical (unpaired) electrons. The molecule has 1 saturated carbocycles. The van der Waals surface area contributed by atoms with E-state index in [2.05, 4.69) is 4.72 Å². The predicted molar refractivity (Wildman–Crippen MR) is 63.8 cm³/mol. The summed E-state index contributed by atoms with van der Waals surface area (Å²) < 4.78 is 26.2. The molecule has 0 spiro atoms. The SMILES string of the molecule is CC1(CNS(=O)(=O)c2csc(C(=O)O)c2)CC1. The number of sulfonamides is 1. The number of carbonyl (C=O) groups is 1. The smallest absolute Gasteiger partial charge is 0.345 e. The second-order valence-electron chi connectivity index (χ2n) is 4.59. The van der Waals surface area contributed by atoms with Crippen LogP contribution in [0.1, 0.15) is 29.4 Å². The van der Waals surface area contributed by atoms with Crippen LogP contribution in [0.15, 0.2) is 16.3 Å². The molecule has 0 atom stereocenters. The van der Waals surface area contributed by atoms with E-state index in [1.807, 2.05) is 6.92 Å². The van der Waals surface area contributed by atoms with Gasteiger partial charge in [-0.15, -0.1) is 11.3 Å². The molecule has 2 N–H and O–H groups in total. The zero-order chi connectivity index (χ0) is 12.7. The van der Waals surface area contributed by atoms with Crippen molar-refractivity contribution in [3.63, 3.8) is 0 Å². The number of aromatic carboxylic acids is 1. The number of rotatable bonds is 5. The molecule has 1 aromatic heterocycles. The van der Waals surface area contributed by atoms with Gasteiger partial charge in [0.25, 0.3) is 0 Å². The Morgan fingerprint density at radius 2 is 2.24 bits per heavy atom. The molecule has 0 aromatic carbocycles. The highest BCUT2D eigenvalue weighted by molar-refractivity contribution is 7.89. The Morgan fingerprint density at radius 1 is 1.59 bits per heavy atom. The van der Waals surface area contributed by atoms with Crippen molar-refractivity contribution in [2.75, 3.05) is 6.54 Å². The van der Waals surface area contributed by atoms with Gasteiger partial charge in [-0.1, -0.05) is 6.92 Å². The maximum Gasteiger partial charge on any atom is 0.345 e. The number of nitrogens with one attached hydrogen (secondary N) is 1. The predicted octanol–water partition coefficient (Wildman–Crippen LogP) is 1.52. The molecule has 1 aliphatic rings. The average Bonchev–Trinajstić information content (AvgIpc) is 2.81. The van der Waals surface area contributed by atoms with Gasteiger partial charge in [0.15, 0.2) is 0 Å². The van der Waals surface area contributed by atoms with Gasteiger partial charge in [-0.25, -0.2) is 17.9 Å². The molecule has 94 valence electrons. The number of hydrogen-bond donors (Lipinski definition) is 2. The number of carboxylic acids is 1. The average molecular weight is 275 g/mol. The summed E-state index contributed by atoms with van der Waals surface area (Å²) in [7, 11) is -3.57. The first kappa shape index (κ1) is 12.5. The van der Waals surface area contributed by atoms with Crippen LogP contribution >= 0.6 is 11.3 Å². The van der Waals surface area contributed by atoms with E-state index < -0.39 is 16.0 Å². The zero-order valence-electron chi connectivity index (χ0n) is 9.26. The summed E-state index contributed by atoms with van der Waals surface area (Å²) in [4.78, 5) is 10.7. The Hall–Kier alpha value is -0.920. The van der Waals surface area contributed by atoms with E-state index in [0.717, 1.165) is 24.2 Å². The molecule has 1 fully saturated rings. The van der Waals surface area contributed by atoms with Crippen LogP contribution in [0.25, 0.3) is 0 Å². The summed E-state index contributed by atoms with van der Waals surface area (Å²) in [5, 5.41) is 10.1. The van der Waals surface area contributed by atoms with E-state index in [1.165, 1.54) is 11.4 Å². The second-order valence-corrected chi connectivity index (χ2v) is 7.27. The summed E-state index contributed by atoms with van der Waals surface area (Å²) in [5.41, 5.74) is 0.0821. The summed E-state index contributed by atoms with van der Waals surface area (Å²) in [6.07, 6.45) is 2.05. The van der Waals surface area contributed by atoms with Crippen molar-refractivity contribution in [1.29, 1.82) is 0 Å². The number of thiophene rings is 1. The highest BCUT2D eigenvalue weighted by Gasteiger charge is 2.38. The lowest BCUT2D eigenvalue weighted by molar-refractivity contribution is 0.0702. The van der Waals surface area contributed by atoms with Gasteiger partial charge in [-0.3, -0.25) is 0 Å². The Labute approximate surface area is 104 Å². The molecule has 2 rings (SSSR count). The molecule has 5 nitrogen and oxygen atoms in total. The van der Waals surface area contributed by atoms with Crippen molar-refractivity contribution in [2.24, 2.45) is 5.41 Å². The van der Waals surface area contributed by atoms with Crippen molar-refractivity contribution in [2.45, 2.75) is 24.7 Å². The van der Waals surface area contributed by atoms with Gasteiger partial charge in [0.1, 0.15) is 4.88 Å². The third-order valence-electron chi connectivity index (χ3n) is 2.89. The molecule has 7 heteroatoms. The van der Waals surface area contributed by atoms with Crippen LogP contribution in [0, 0.1) is 5.41 Å². The van der Waals surface area contributed by atoms with Crippen molar-refractivity contribution >= 4 is 27.3 Å². The topological polar surface area (TPSA) is 83.5 Å². The molecule has 1 heterocycles. The van der Waals surface area contributed by atoms with E-state index in [1.54, 1.807) is 0 Å². The largest absolute Gasteiger partial charge is 0.477 e. The molecule has 0 saturated heterocycles. The standard InChI is InChI=1S/C10H13NO4S2/c1-10(2-3-10)6-11-17(14,15)7-4-8(9(12)13)16-5-7/h4-5,11H,2-3,6H2,1H3,(H,12,13). The Bertz CT molecular complexity index is 542. The zero-order valence-corrected chi connectivity index (χ0v) is 10.9. The number of hydrogen-bond acceptors (Lipinski definition) is 4. The highest BCUT2D eigenvalue weighted by atomic mass is 32.2. The van der Waals surface area contributed by atoms with Crippen LogP contribution in [0.4, 0.5) is 0 Å². The molecule has 0 amide bonds. The molecule has 1 aliphatic carbocycles. The lowest BCUT2D eigenvalue weighted by Gasteiger charge is -2.09. The fourth-order valence-electron chi connectivity index (χ4n) is 1.31. The van der Waals surface area contributed by atoms with Crippen LogP contribution in [-0.2, 0) is 10.0 Å². The lowest BCUT2D eigenvalue weighted by Crippen LogP contribution is -2.28. The molecule has 1 aromatic rings. The summed E-state index contributed by atoms with van der Waals surface area (Å²) in [6.45, 7) is 2.43. The van der Waals surface area contributed by atoms with E-state index >= 15 is 0 Å². The highest BCUT2D eigenvalue weighted by Crippen LogP contribution is 2.44. The van der Waals surface area contributed by atoms with E-state index in [-0.39, 0.29) is 15.2 Å². The van der Waals surface area contributed by atoms with Gasteiger partial charge in [0.05, 0.1) is 4.90 Å². The minimum Gasteiger partial charge on any atom is -0.477 e. The quantitative estimate of drug-likeness (QED) is 0.853. The van der Waals surface area contributed by atoms with Gasteiger partial charge >= 0.3 is 5.97 Å². The molecule has 0 bridgehead atoms. The maximum absolute atomic E-state index is 11.8. The minimum atomic E-state index is -3.57. The van der Waals surface area contributed by atoms with E-state index in [4.69, 9.17) is 5.11 Å². The third kappa shape index (κ3) is 2.85. The molecular weight excluding hydrogens is 262 g/mol. The van der Waals surface area contributed by atoms with E-state index in [0.29, 0.717) is 6.54 Å². The first-order chi connectivity index (χ1) is 7.82. The lowest BCUT2D eigenvalue weighted by atomic mass is 10.2. The van der Waals surface area contributed by atoms with Crippen molar-refractivity contribution in [3.8, 4) is 0 Å². The Morgan fingerprint density at radius 3 is 2.71 bits per heavy atom. The van der Waals surface area contributed by atoms with Crippen molar-refractivity contribution in [1.82, 2.24) is 4.72 Å². The fraction of sp³-hybridized carbons (Fsp3) is 0.500. The number of carboxylic acid groups (broad SMARTS) is 1. The molecular formula is C10H13NO4S2. The van der Waals surface area contributed by atoms with Crippen molar-refractivity contribution < 1.29 is 18.3 Å². The van der Waals surface area contributed by atoms with Gasteiger partial charge in [0, 0.05) is 11.9 Å².